The molecular weight excluding hydrogens is 795 g/mol. The zero-order valence-electron chi connectivity index (χ0n) is 34.4. The molecule has 10 aromatic rings. The summed E-state index contributed by atoms with van der Waals surface area (Å²) >= 11 is 3.78. The van der Waals surface area contributed by atoms with Crippen LogP contribution >= 0.6 is 22.7 Å². The highest BCUT2D eigenvalue weighted by Crippen LogP contribution is 2.66. The van der Waals surface area contributed by atoms with Crippen LogP contribution in [0, 0.1) is 0 Å². The minimum absolute atomic E-state index is 0.203. The molecule has 7 aromatic carbocycles. The van der Waals surface area contributed by atoms with Crippen LogP contribution in [0.2, 0.25) is 13.1 Å². The van der Waals surface area contributed by atoms with E-state index in [1.807, 2.05) is 22.7 Å². The molecule has 2 nitrogen and oxygen atoms in total. The van der Waals surface area contributed by atoms with Crippen LogP contribution in [0.3, 0.4) is 0 Å². The van der Waals surface area contributed by atoms with Gasteiger partial charge in [0.05, 0.1) is 22.5 Å². The summed E-state index contributed by atoms with van der Waals surface area (Å²) in [5, 5.41) is 12.9. The third-order valence-corrected chi connectivity index (χ3v) is 21.3. The van der Waals surface area contributed by atoms with Gasteiger partial charge in [0.15, 0.2) is 5.58 Å². The van der Waals surface area contributed by atoms with Gasteiger partial charge < -0.3 is 9.32 Å². The van der Waals surface area contributed by atoms with Crippen LogP contribution in [0.25, 0.3) is 64.7 Å². The van der Waals surface area contributed by atoms with Gasteiger partial charge in [-0.3, -0.25) is 0 Å². The van der Waals surface area contributed by atoms with Crippen LogP contribution in [0.4, 0.5) is 17.1 Å². The van der Waals surface area contributed by atoms with Gasteiger partial charge in [0.2, 0.25) is 0 Å². The fraction of sp³-hybridized carbons (Fsp3) is 0.143. The van der Waals surface area contributed by atoms with Gasteiger partial charge in [-0.1, -0.05) is 118 Å². The van der Waals surface area contributed by atoms with Crippen LogP contribution in [-0.2, 0) is 23.7 Å². The molecule has 0 saturated heterocycles. The van der Waals surface area contributed by atoms with Crippen molar-refractivity contribution in [1.29, 1.82) is 0 Å². The minimum atomic E-state index is -1.97. The number of furan rings is 1. The molecule has 0 saturated carbocycles. The fourth-order valence-electron chi connectivity index (χ4n) is 13.0. The summed E-state index contributed by atoms with van der Waals surface area (Å²) in [5.74, 6) is 0. The number of anilines is 3. The maximum atomic E-state index is 7.64. The number of rotatable bonds is 1. The SMILES string of the molecule is CC1(C)c2ccccc2N(c2cccc3c2oc2c4c(ccc23)C2(c3ccsc3-c3sccc32)c2ccc3c5c(ccc-4c25)CC3)c2cc3c(cc21)-c1ccccc1[Si]3(C)C. The Bertz CT molecular complexity index is 3640. The molecule has 0 fully saturated rings. The highest BCUT2D eigenvalue weighted by Gasteiger charge is 2.53. The smallest absolute Gasteiger partial charge is 0.159 e. The van der Waals surface area contributed by atoms with Crippen LogP contribution < -0.4 is 15.3 Å². The summed E-state index contributed by atoms with van der Waals surface area (Å²) in [4.78, 5) is 5.38. The standard InChI is InChI=1S/C56H39NOS2Si/c1-55(2)37-12-6-7-13-43(37)57(45-29-47-36(28-42(45)55)32-10-5-8-15-46(32)61(47,3)4)44-14-9-11-33-34-21-23-39-50(52(34)58-51(33)44)35-20-18-30-16-17-31-19-22-38(49(35)48(30)31)56(39)40-24-26-59-53(40)54-41(56)25-27-60-54/h5-15,18-29H,16-17H2,1-4H3. The minimum Gasteiger partial charge on any atom is -0.453 e. The predicted octanol–water partition coefficient (Wildman–Crippen LogP) is 14.2. The molecule has 0 unspecified atom stereocenters. The lowest BCUT2D eigenvalue weighted by Gasteiger charge is -2.42. The zero-order valence-corrected chi connectivity index (χ0v) is 37.0. The van der Waals surface area contributed by atoms with Crippen molar-refractivity contribution in [2.45, 2.75) is 50.6 Å². The number of aryl methyl sites for hydroxylation is 2. The monoisotopic (exact) mass is 833 g/mol. The third kappa shape index (κ3) is 3.73. The van der Waals surface area contributed by atoms with Crippen molar-refractivity contribution in [3.63, 3.8) is 0 Å². The van der Waals surface area contributed by atoms with Crippen molar-refractivity contribution in [3.8, 4) is 32.0 Å². The van der Waals surface area contributed by atoms with E-state index in [1.165, 1.54) is 114 Å². The van der Waals surface area contributed by atoms with Crippen molar-refractivity contribution in [1.82, 2.24) is 0 Å². The second kappa shape index (κ2) is 10.9. The first kappa shape index (κ1) is 33.7. The molecule has 0 amide bonds. The molecule has 0 radical (unpaired) electrons. The topological polar surface area (TPSA) is 16.4 Å². The number of hydrogen-bond acceptors (Lipinski definition) is 4. The number of thiophene rings is 2. The average molecular weight is 834 g/mol. The van der Waals surface area contributed by atoms with Crippen molar-refractivity contribution < 1.29 is 4.42 Å². The van der Waals surface area contributed by atoms with E-state index in [9.17, 15) is 0 Å². The molecule has 5 heterocycles. The van der Waals surface area contributed by atoms with Crippen LogP contribution in [-0.4, -0.2) is 8.07 Å². The Morgan fingerprint density at radius 1 is 0.525 bits per heavy atom. The summed E-state index contributed by atoms with van der Waals surface area (Å²) in [6.07, 6.45) is 2.21. The number of para-hydroxylation sites is 2. The molecule has 3 aliphatic carbocycles. The number of hydrogen-bond donors (Lipinski definition) is 0. The summed E-state index contributed by atoms with van der Waals surface area (Å²) in [7, 11) is -1.97. The molecule has 2 aliphatic heterocycles. The number of benzene rings is 7. The van der Waals surface area contributed by atoms with E-state index in [4.69, 9.17) is 4.42 Å². The molecule has 0 atom stereocenters. The third-order valence-electron chi connectivity index (χ3n) is 15.7. The molecule has 15 rings (SSSR count). The highest BCUT2D eigenvalue weighted by molar-refractivity contribution is 7.21. The maximum absolute atomic E-state index is 7.64. The average Bonchev–Trinajstić information content (AvgIpc) is 4.14. The summed E-state index contributed by atoms with van der Waals surface area (Å²) in [5.41, 5.74) is 21.6. The van der Waals surface area contributed by atoms with Gasteiger partial charge in [0.1, 0.15) is 13.7 Å². The zero-order chi connectivity index (χ0) is 40.3. The van der Waals surface area contributed by atoms with Crippen molar-refractivity contribution in [3.05, 3.63) is 183 Å². The van der Waals surface area contributed by atoms with E-state index in [0.29, 0.717) is 0 Å². The van der Waals surface area contributed by atoms with Crippen LogP contribution in [0.1, 0.15) is 58.4 Å². The molecule has 0 bridgehead atoms. The first-order valence-electron chi connectivity index (χ1n) is 21.7. The first-order valence-corrected chi connectivity index (χ1v) is 26.5. The molecule has 3 aromatic heterocycles. The van der Waals surface area contributed by atoms with Gasteiger partial charge in [0, 0.05) is 31.5 Å². The van der Waals surface area contributed by atoms with E-state index in [1.54, 1.807) is 0 Å². The molecular formula is C56H39NOS2Si. The van der Waals surface area contributed by atoms with E-state index < -0.39 is 13.5 Å². The molecule has 61 heavy (non-hydrogen) atoms. The Morgan fingerprint density at radius 2 is 1.23 bits per heavy atom. The Labute approximate surface area is 363 Å². The molecule has 5 heteroatoms. The summed E-state index contributed by atoms with van der Waals surface area (Å²) < 4.78 is 7.64. The van der Waals surface area contributed by atoms with Gasteiger partial charge in [-0.05, 0) is 142 Å². The maximum Gasteiger partial charge on any atom is 0.159 e. The second-order valence-electron chi connectivity index (χ2n) is 19.1. The lowest BCUT2D eigenvalue weighted by Crippen LogP contribution is -2.49. The fourth-order valence-corrected chi connectivity index (χ4v) is 18.2. The lowest BCUT2D eigenvalue weighted by atomic mass is 9.61. The summed E-state index contributed by atoms with van der Waals surface area (Å²) in [6, 6.07) is 49.6. The van der Waals surface area contributed by atoms with Crippen molar-refractivity contribution in [2.24, 2.45) is 0 Å². The van der Waals surface area contributed by atoms with Crippen LogP contribution in [0.15, 0.2) is 143 Å². The summed E-state index contributed by atoms with van der Waals surface area (Å²) in [6.45, 7) is 9.88. The highest BCUT2D eigenvalue weighted by atomic mass is 32.1. The van der Waals surface area contributed by atoms with Crippen molar-refractivity contribution >= 4 is 90.9 Å². The lowest BCUT2D eigenvalue weighted by molar-refractivity contribution is 0.631. The Morgan fingerprint density at radius 3 is 2.05 bits per heavy atom. The van der Waals surface area contributed by atoms with E-state index in [-0.39, 0.29) is 5.41 Å². The molecule has 290 valence electrons. The molecule has 1 spiro atoms. The van der Waals surface area contributed by atoms with E-state index >= 15 is 0 Å². The van der Waals surface area contributed by atoms with E-state index in [0.717, 1.165) is 35.1 Å². The largest absolute Gasteiger partial charge is 0.453 e. The number of nitrogens with zero attached hydrogens (tertiary/aromatic N) is 1. The molecule has 5 aliphatic rings. The van der Waals surface area contributed by atoms with Crippen molar-refractivity contribution in [2.75, 3.05) is 4.90 Å². The number of fused-ring (bicyclic) bond motifs is 18. The quantitative estimate of drug-likeness (QED) is 0.153. The first-order chi connectivity index (χ1) is 29.8. The Hall–Kier alpha value is -5.98. The van der Waals surface area contributed by atoms with Gasteiger partial charge in [0.25, 0.3) is 0 Å². The van der Waals surface area contributed by atoms with Crippen LogP contribution in [0.5, 0.6) is 0 Å². The van der Waals surface area contributed by atoms with Gasteiger partial charge in [-0.25, -0.2) is 0 Å². The molecule has 0 N–H and O–H groups in total. The predicted molar refractivity (Wildman–Crippen MR) is 260 cm³/mol. The van der Waals surface area contributed by atoms with E-state index in [2.05, 4.69) is 170 Å². The van der Waals surface area contributed by atoms with Gasteiger partial charge >= 0.3 is 0 Å². The Kier molecular flexibility index (Phi) is 6.02. The van der Waals surface area contributed by atoms with Gasteiger partial charge in [-0.2, -0.15) is 0 Å². The normalized spacial score (nSPS) is 17.1. The second-order valence-corrected chi connectivity index (χ2v) is 25.2. The van der Waals surface area contributed by atoms with Gasteiger partial charge in [-0.15, -0.1) is 22.7 Å². The Balaban J connectivity index is 1.05.